The number of aliphatic imine (C=N–C) groups is 1. The van der Waals surface area contributed by atoms with E-state index in [-0.39, 0.29) is 6.17 Å². The molecule has 0 fully saturated rings. The highest BCUT2D eigenvalue weighted by molar-refractivity contribution is 6.22. The summed E-state index contributed by atoms with van der Waals surface area (Å²) in [7, 11) is 1.70. The number of benzene rings is 8. The minimum atomic E-state index is -0.300. The highest BCUT2D eigenvalue weighted by atomic mass is 16.5. The molecule has 0 amide bonds. The fraction of sp³-hybridized carbons (Fsp3) is 0.0408. The third-order valence-corrected chi connectivity index (χ3v) is 11.0. The van der Waals surface area contributed by atoms with Crippen LogP contribution < -0.4 is 10.1 Å². The number of hydrogen-bond acceptors (Lipinski definition) is 3. The number of nitrogens with zero attached hydrogens (tertiary/aromatic N) is 3. The molecule has 0 radical (unpaired) electrons. The lowest BCUT2D eigenvalue weighted by Crippen LogP contribution is -2.25. The van der Waals surface area contributed by atoms with Gasteiger partial charge in [-0.15, -0.1) is 0 Å². The predicted molar refractivity (Wildman–Crippen MR) is 224 cm³/mol. The van der Waals surface area contributed by atoms with Gasteiger partial charge in [0.05, 0.1) is 34.9 Å². The van der Waals surface area contributed by atoms with Gasteiger partial charge in [-0.05, 0) is 76.7 Å². The van der Waals surface area contributed by atoms with Crippen molar-refractivity contribution in [3.63, 3.8) is 0 Å². The van der Waals surface area contributed by atoms with Crippen LogP contribution in [0, 0.1) is 0 Å². The first-order chi connectivity index (χ1) is 26.7. The standard InChI is InChI=1S/C49H34N4O/c1-54-36-13-10-12-34(29-36)31-21-23-33(24-22-31)48-50-47-37-14-3-2-11-32(37)25-27-41(47)49(51-48)53-45-20-9-6-17-40(45)42-30-35(26-28-46(42)53)52-43-18-7-4-15-38(43)39-16-5-8-19-44(39)52/h2-30,48,50H,1H3. The molecule has 1 aliphatic rings. The van der Waals surface area contributed by atoms with Crippen LogP contribution in [0.1, 0.15) is 17.3 Å². The number of aromatic nitrogens is 2. The molecule has 1 unspecified atom stereocenters. The van der Waals surface area contributed by atoms with E-state index in [1.165, 1.54) is 43.4 Å². The van der Waals surface area contributed by atoms with Gasteiger partial charge >= 0.3 is 0 Å². The molecular formula is C49H34N4O. The molecule has 0 saturated heterocycles. The molecule has 11 rings (SSSR count). The average molecular weight is 695 g/mol. The number of ether oxygens (including phenoxy) is 1. The van der Waals surface area contributed by atoms with Crippen LogP contribution in [0.3, 0.4) is 0 Å². The lowest BCUT2D eigenvalue weighted by atomic mass is 9.99. The van der Waals surface area contributed by atoms with Gasteiger partial charge in [0.2, 0.25) is 0 Å². The Balaban J connectivity index is 1.12. The van der Waals surface area contributed by atoms with Crippen LogP contribution in [-0.2, 0) is 0 Å². The average Bonchev–Trinajstić information content (AvgIpc) is 3.76. The summed E-state index contributed by atoms with van der Waals surface area (Å²) in [6, 6.07) is 62.9. The van der Waals surface area contributed by atoms with Gasteiger partial charge in [0, 0.05) is 38.2 Å². The number of para-hydroxylation sites is 3. The fourth-order valence-corrected chi connectivity index (χ4v) is 8.50. The second-order valence-corrected chi connectivity index (χ2v) is 14.0. The summed E-state index contributed by atoms with van der Waals surface area (Å²) in [6.45, 7) is 0. The van der Waals surface area contributed by atoms with Gasteiger partial charge in [0.15, 0.2) is 0 Å². The largest absolute Gasteiger partial charge is 0.497 e. The molecule has 1 aliphatic heterocycles. The summed E-state index contributed by atoms with van der Waals surface area (Å²) in [5.74, 6) is 1.77. The summed E-state index contributed by atoms with van der Waals surface area (Å²) in [5.41, 5.74) is 11.3. The first kappa shape index (κ1) is 30.5. The lowest BCUT2D eigenvalue weighted by Gasteiger charge is -2.28. The van der Waals surface area contributed by atoms with Crippen LogP contribution in [0.5, 0.6) is 5.75 Å². The smallest absolute Gasteiger partial charge is 0.147 e. The quantitative estimate of drug-likeness (QED) is 0.199. The molecule has 256 valence electrons. The van der Waals surface area contributed by atoms with Crippen LogP contribution in [0.2, 0.25) is 0 Å². The molecule has 0 spiro atoms. The lowest BCUT2D eigenvalue weighted by molar-refractivity contribution is 0.415. The summed E-state index contributed by atoms with van der Waals surface area (Å²) >= 11 is 0. The Morgan fingerprint density at radius 2 is 1.13 bits per heavy atom. The van der Waals surface area contributed by atoms with Crippen molar-refractivity contribution in [3.8, 4) is 22.6 Å². The predicted octanol–water partition coefficient (Wildman–Crippen LogP) is 12.1. The van der Waals surface area contributed by atoms with E-state index in [1.54, 1.807) is 7.11 Å². The summed E-state index contributed by atoms with van der Waals surface area (Å²) in [4.78, 5) is 5.57. The van der Waals surface area contributed by atoms with Crippen LogP contribution in [0.15, 0.2) is 181 Å². The molecule has 5 heteroatoms. The van der Waals surface area contributed by atoms with E-state index in [9.17, 15) is 0 Å². The molecular weight excluding hydrogens is 661 g/mol. The van der Waals surface area contributed by atoms with E-state index in [2.05, 4.69) is 178 Å². The van der Waals surface area contributed by atoms with E-state index in [1.807, 2.05) is 12.1 Å². The van der Waals surface area contributed by atoms with Crippen molar-refractivity contribution in [3.05, 3.63) is 187 Å². The third-order valence-electron chi connectivity index (χ3n) is 11.0. The van der Waals surface area contributed by atoms with Crippen molar-refractivity contribution < 1.29 is 4.74 Å². The molecule has 8 aromatic carbocycles. The van der Waals surface area contributed by atoms with Crippen molar-refractivity contribution in [2.75, 3.05) is 12.4 Å². The number of fused-ring (bicyclic) bond motifs is 9. The number of nitrogens with one attached hydrogen (secondary N) is 1. The number of hydrogen-bond donors (Lipinski definition) is 1. The van der Waals surface area contributed by atoms with E-state index >= 15 is 0 Å². The van der Waals surface area contributed by atoms with Gasteiger partial charge in [0.25, 0.3) is 0 Å². The Morgan fingerprint density at radius 1 is 0.500 bits per heavy atom. The van der Waals surface area contributed by atoms with Crippen molar-refractivity contribution >= 4 is 65.9 Å². The molecule has 1 N–H and O–H groups in total. The molecule has 3 heterocycles. The van der Waals surface area contributed by atoms with Crippen molar-refractivity contribution in [1.29, 1.82) is 0 Å². The topological polar surface area (TPSA) is 43.5 Å². The maximum Gasteiger partial charge on any atom is 0.147 e. The minimum Gasteiger partial charge on any atom is -0.497 e. The maximum atomic E-state index is 5.57. The van der Waals surface area contributed by atoms with Crippen LogP contribution in [-0.4, -0.2) is 22.1 Å². The maximum absolute atomic E-state index is 5.57. The van der Waals surface area contributed by atoms with Crippen molar-refractivity contribution in [2.24, 2.45) is 4.99 Å². The van der Waals surface area contributed by atoms with E-state index < -0.39 is 0 Å². The van der Waals surface area contributed by atoms with Gasteiger partial charge in [-0.25, -0.2) is 4.99 Å². The van der Waals surface area contributed by atoms with Gasteiger partial charge in [-0.1, -0.05) is 121 Å². The Bertz CT molecular complexity index is 3080. The zero-order valence-electron chi connectivity index (χ0n) is 29.6. The first-order valence-electron chi connectivity index (χ1n) is 18.4. The van der Waals surface area contributed by atoms with Gasteiger partial charge in [0.1, 0.15) is 17.8 Å². The molecule has 0 aliphatic carbocycles. The summed E-state index contributed by atoms with van der Waals surface area (Å²) in [6.07, 6.45) is -0.300. The SMILES string of the molecule is COc1cccc(-c2ccc(C3N=C(n4c5ccccc5c5cc(-n6c7ccccc7c7ccccc76)ccc54)c4ccc5ccccc5c4N3)cc2)c1. The Labute approximate surface area is 312 Å². The van der Waals surface area contributed by atoms with Crippen LogP contribution >= 0.6 is 0 Å². The van der Waals surface area contributed by atoms with Crippen LogP contribution in [0.25, 0.3) is 71.2 Å². The van der Waals surface area contributed by atoms with Crippen LogP contribution in [0.4, 0.5) is 5.69 Å². The minimum absolute atomic E-state index is 0.300. The molecule has 54 heavy (non-hydrogen) atoms. The zero-order chi connectivity index (χ0) is 35.8. The van der Waals surface area contributed by atoms with Crippen molar-refractivity contribution in [1.82, 2.24) is 9.13 Å². The Hall–Kier alpha value is -7.11. The van der Waals surface area contributed by atoms with Gasteiger partial charge < -0.3 is 14.6 Å². The molecule has 10 aromatic rings. The normalized spacial score (nSPS) is 14.1. The fourth-order valence-electron chi connectivity index (χ4n) is 8.50. The molecule has 5 nitrogen and oxygen atoms in total. The first-order valence-corrected chi connectivity index (χ1v) is 18.4. The summed E-state index contributed by atoms with van der Waals surface area (Å²) in [5, 5.41) is 11.1. The molecule has 1 atom stereocenters. The highest BCUT2D eigenvalue weighted by Crippen LogP contribution is 2.41. The highest BCUT2D eigenvalue weighted by Gasteiger charge is 2.27. The van der Waals surface area contributed by atoms with E-state index in [0.29, 0.717) is 0 Å². The Kier molecular flexibility index (Phi) is 6.76. The second-order valence-electron chi connectivity index (χ2n) is 14.0. The number of rotatable bonds is 4. The number of methoxy groups -OCH3 is 1. The van der Waals surface area contributed by atoms with Crippen molar-refractivity contribution in [2.45, 2.75) is 6.17 Å². The third kappa shape index (κ3) is 4.61. The molecule has 2 aromatic heterocycles. The molecule has 0 saturated carbocycles. The monoisotopic (exact) mass is 694 g/mol. The molecule has 0 bridgehead atoms. The number of anilines is 1. The van der Waals surface area contributed by atoms with Gasteiger partial charge in [-0.3, -0.25) is 4.57 Å². The summed E-state index contributed by atoms with van der Waals surface area (Å²) < 4.78 is 10.3. The zero-order valence-corrected chi connectivity index (χ0v) is 29.6. The van der Waals surface area contributed by atoms with Gasteiger partial charge in [-0.2, -0.15) is 0 Å². The van der Waals surface area contributed by atoms with E-state index in [0.717, 1.165) is 56.2 Å². The second kappa shape index (κ2) is 12.0. The van der Waals surface area contributed by atoms with E-state index in [4.69, 9.17) is 9.73 Å². The Morgan fingerprint density at radius 3 is 1.85 bits per heavy atom.